The highest BCUT2D eigenvalue weighted by atomic mass is 16.6. The Morgan fingerprint density at radius 2 is 2.04 bits per heavy atom. The Labute approximate surface area is 138 Å². The minimum absolute atomic E-state index is 0.0516. The average molecular weight is 326 g/mol. The van der Waals surface area contributed by atoms with Gasteiger partial charge in [-0.1, -0.05) is 0 Å². The summed E-state index contributed by atoms with van der Waals surface area (Å²) >= 11 is 0. The molecule has 2 unspecified atom stereocenters. The van der Waals surface area contributed by atoms with E-state index >= 15 is 0 Å². The lowest BCUT2D eigenvalue weighted by molar-refractivity contribution is 0.0163. The van der Waals surface area contributed by atoms with Gasteiger partial charge in [-0.25, -0.2) is 4.79 Å². The van der Waals surface area contributed by atoms with Crippen molar-refractivity contribution < 1.29 is 19.1 Å². The van der Waals surface area contributed by atoms with Crippen molar-refractivity contribution >= 4 is 6.09 Å². The summed E-state index contributed by atoms with van der Waals surface area (Å²) in [5.41, 5.74) is -0.555. The Kier molecular flexibility index (Phi) is 7.09. The summed E-state index contributed by atoms with van der Waals surface area (Å²) in [6.45, 7) is 12.3. The summed E-state index contributed by atoms with van der Waals surface area (Å²) in [6, 6.07) is 3.92. The highest BCUT2D eigenvalue weighted by Crippen LogP contribution is 2.15. The fraction of sp³-hybridized carbons (Fsp3) is 0.706. The van der Waals surface area contributed by atoms with Crippen molar-refractivity contribution in [3.63, 3.8) is 0 Å². The second kappa shape index (κ2) is 8.36. The minimum atomic E-state index is -0.604. The van der Waals surface area contributed by atoms with Crippen LogP contribution >= 0.6 is 0 Å². The molecule has 0 aromatic carbocycles. The Bertz CT molecular complexity index is 491. The molecule has 0 aliphatic heterocycles. The van der Waals surface area contributed by atoms with Gasteiger partial charge in [-0.05, 0) is 53.7 Å². The van der Waals surface area contributed by atoms with Gasteiger partial charge in [-0.15, -0.1) is 0 Å². The number of aryl methyl sites for hydroxylation is 1. The standard InChI is InChI=1S/C17H30N2O4/c1-12(20)11-19(16(21)23-17(4,5)6)10-9-18-14(3)15-8-7-13(2)22-15/h7-8,12,14,18,20H,9-11H2,1-6H3. The monoisotopic (exact) mass is 326 g/mol. The lowest BCUT2D eigenvalue weighted by Gasteiger charge is -2.28. The average Bonchev–Trinajstić information content (AvgIpc) is 2.81. The molecule has 132 valence electrons. The molecular formula is C17H30N2O4. The third kappa shape index (κ3) is 7.52. The summed E-state index contributed by atoms with van der Waals surface area (Å²) in [4.78, 5) is 13.7. The maximum absolute atomic E-state index is 12.2. The first-order valence-electron chi connectivity index (χ1n) is 8.04. The summed E-state index contributed by atoms with van der Waals surface area (Å²) < 4.78 is 10.9. The Morgan fingerprint density at radius 3 is 2.52 bits per heavy atom. The fourth-order valence-corrected chi connectivity index (χ4v) is 2.11. The van der Waals surface area contributed by atoms with Gasteiger partial charge in [0.15, 0.2) is 0 Å². The van der Waals surface area contributed by atoms with Crippen LogP contribution < -0.4 is 5.32 Å². The van der Waals surface area contributed by atoms with Crippen LogP contribution in [0.1, 0.15) is 52.2 Å². The fourth-order valence-electron chi connectivity index (χ4n) is 2.11. The van der Waals surface area contributed by atoms with E-state index in [-0.39, 0.29) is 12.6 Å². The molecule has 1 aromatic heterocycles. The van der Waals surface area contributed by atoms with Crippen LogP contribution in [0, 0.1) is 6.92 Å². The molecule has 1 amide bonds. The quantitative estimate of drug-likeness (QED) is 0.806. The molecule has 6 heteroatoms. The van der Waals surface area contributed by atoms with Crippen molar-refractivity contribution in [2.24, 2.45) is 0 Å². The van der Waals surface area contributed by atoms with Crippen molar-refractivity contribution in [1.29, 1.82) is 0 Å². The number of ether oxygens (including phenoxy) is 1. The van der Waals surface area contributed by atoms with E-state index < -0.39 is 17.8 Å². The first-order valence-corrected chi connectivity index (χ1v) is 8.04. The molecule has 0 saturated carbocycles. The molecule has 23 heavy (non-hydrogen) atoms. The van der Waals surface area contributed by atoms with Crippen LogP contribution in [0.15, 0.2) is 16.5 Å². The van der Waals surface area contributed by atoms with E-state index in [0.29, 0.717) is 13.1 Å². The molecule has 0 fully saturated rings. The molecule has 6 nitrogen and oxygen atoms in total. The van der Waals surface area contributed by atoms with Crippen LogP contribution in [0.25, 0.3) is 0 Å². The number of nitrogens with one attached hydrogen (secondary N) is 1. The summed E-state index contributed by atoms with van der Waals surface area (Å²) in [5, 5.41) is 12.9. The summed E-state index contributed by atoms with van der Waals surface area (Å²) in [6.07, 6.45) is -1.02. The topological polar surface area (TPSA) is 74.9 Å². The van der Waals surface area contributed by atoms with E-state index in [4.69, 9.17) is 9.15 Å². The Hall–Kier alpha value is -1.53. The maximum Gasteiger partial charge on any atom is 0.410 e. The van der Waals surface area contributed by atoms with Crippen molar-refractivity contribution in [3.8, 4) is 0 Å². The molecule has 1 rings (SSSR count). The van der Waals surface area contributed by atoms with Crippen molar-refractivity contribution in [2.75, 3.05) is 19.6 Å². The van der Waals surface area contributed by atoms with Crippen LogP contribution in [0.2, 0.25) is 0 Å². The maximum atomic E-state index is 12.2. The number of carbonyl (C=O) groups excluding carboxylic acids is 1. The van der Waals surface area contributed by atoms with Gasteiger partial charge in [0, 0.05) is 19.6 Å². The van der Waals surface area contributed by atoms with Crippen LogP contribution in [0.5, 0.6) is 0 Å². The van der Waals surface area contributed by atoms with Gasteiger partial charge in [0.25, 0.3) is 0 Å². The smallest absolute Gasteiger partial charge is 0.410 e. The van der Waals surface area contributed by atoms with Gasteiger partial charge in [0.05, 0.1) is 12.1 Å². The van der Waals surface area contributed by atoms with Gasteiger partial charge in [0.2, 0.25) is 0 Å². The van der Waals surface area contributed by atoms with E-state index in [1.807, 2.05) is 46.8 Å². The van der Waals surface area contributed by atoms with Crippen LogP contribution in [-0.2, 0) is 4.74 Å². The third-order valence-electron chi connectivity index (χ3n) is 3.16. The predicted octanol–water partition coefficient (Wildman–Crippen LogP) is 2.86. The molecule has 0 aliphatic carbocycles. The summed E-state index contributed by atoms with van der Waals surface area (Å²) in [5.74, 6) is 1.74. The largest absolute Gasteiger partial charge is 0.465 e. The van der Waals surface area contributed by atoms with Gasteiger partial charge in [-0.2, -0.15) is 0 Å². The lowest BCUT2D eigenvalue weighted by atomic mass is 10.2. The van der Waals surface area contributed by atoms with Crippen molar-refractivity contribution in [1.82, 2.24) is 10.2 Å². The SMILES string of the molecule is Cc1ccc(C(C)NCCN(CC(C)O)C(=O)OC(C)(C)C)o1. The van der Waals surface area contributed by atoms with Crippen LogP contribution in [-0.4, -0.2) is 47.4 Å². The zero-order valence-corrected chi connectivity index (χ0v) is 15.0. The van der Waals surface area contributed by atoms with Crippen LogP contribution in [0.4, 0.5) is 4.79 Å². The first kappa shape index (κ1) is 19.5. The molecular weight excluding hydrogens is 296 g/mol. The molecule has 1 heterocycles. The molecule has 2 N–H and O–H groups in total. The van der Waals surface area contributed by atoms with E-state index in [0.717, 1.165) is 11.5 Å². The van der Waals surface area contributed by atoms with Gasteiger partial charge >= 0.3 is 6.09 Å². The van der Waals surface area contributed by atoms with E-state index in [9.17, 15) is 9.90 Å². The van der Waals surface area contributed by atoms with E-state index in [1.54, 1.807) is 6.92 Å². The molecule has 0 saturated heterocycles. The van der Waals surface area contributed by atoms with Gasteiger partial charge in [0.1, 0.15) is 17.1 Å². The third-order valence-corrected chi connectivity index (χ3v) is 3.16. The normalized spacial score (nSPS) is 14.4. The number of carbonyl (C=O) groups is 1. The Morgan fingerprint density at radius 1 is 1.39 bits per heavy atom. The van der Waals surface area contributed by atoms with Gasteiger partial charge < -0.3 is 24.5 Å². The number of rotatable bonds is 7. The van der Waals surface area contributed by atoms with Crippen molar-refractivity contribution in [2.45, 2.75) is 59.3 Å². The first-order chi connectivity index (χ1) is 10.6. The van der Waals surface area contributed by atoms with E-state index in [2.05, 4.69) is 5.32 Å². The number of aliphatic hydroxyl groups excluding tert-OH is 1. The number of aliphatic hydroxyl groups is 1. The number of nitrogens with zero attached hydrogens (tertiary/aromatic N) is 1. The minimum Gasteiger partial charge on any atom is -0.465 e. The highest BCUT2D eigenvalue weighted by molar-refractivity contribution is 5.68. The second-order valence-electron chi connectivity index (χ2n) is 6.90. The lowest BCUT2D eigenvalue weighted by Crippen LogP contribution is -2.43. The molecule has 2 atom stereocenters. The number of amides is 1. The van der Waals surface area contributed by atoms with Crippen LogP contribution in [0.3, 0.4) is 0 Å². The molecule has 0 spiro atoms. The second-order valence-corrected chi connectivity index (χ2v) is 6.90. The predicted molar refractivity (Wildman–Crippen MR) is 89.4 cm³/mol. The summed E-state index contributed by atoms with van der Waals surface area (Å²) in [7, 11) is 0. The molecule has 1 aromatic rings. The number of furan rings is 1. The highest BCUT2D eigenvalue weighted by Gasteiger charge is 2.23. The molecule has 0 radical (unpaired) electrons. The zero-order chi connectivity index (χ0) is 17.6. The number of hydrogen-bond donors (Lipinski definition) is 2. The Balaban J connectivity index is 2.52. The zero-order valence-electron chi connectivity index (χ0n) is 15.0. The molecule has 0 aliphatic rings. The number of hydrogen-bond acceptors (Lipinski definition) is 5. The molecule has 0 bridgehead atoms. The van der Waals surface area contributed by atoms with E-state index in [1.165, 1.54) is 4.90 Å². The van der Waals surface area contributed by atoms with Gasteiger partial charge in [-0.3, -0.25) is 0 Å². The van der Waals surface area contributed by atoms with Crippen molar-refractivity contribution in [3.05, 3.63) is 23.7 Å².